The molecule has 0 saturated carbocycles. The number of nitrogens with one attached hydrogen (secondary N) is 1. The molecule has 132 valence electrons. The smallest absolute Gasteiger partial charge is 0.243 e. The molecule has 25 heavy (non-hydrogen) atoms. The third-order valence-electron chi connectivity index (χ3n) is 4.14. The van der Waals surface area contributed by atoms with E-state index >= 15 is 0 Å². The molecule has 0 spiro atoms. The summed E-state index contributed by atoms with van der Waals surface area (Å²) in [6, 6.07) is 12.5. The summed E-state index contributed by atoms with van der Waals surface area (Å²) in [4.78, 5) is 0. The molecule has 0 saturated heterocycles. The summed E-state index contributed by atoms with van der Waals surface area (Å²) in [5.74, 6) is 1.61. The van der Waals surface area contributed by atoms with Gasteiger partial charge in [-0.25, -0.2) is 4.68 Å². The number of ether oxygens (including phenoxy) is 1. The van der Waals surface area contributed by atoms with E-state index in [2.05, 4.69) is 71.1 Å². The Labute approximate surface area is 148 Å². The van der Waals surface area contributed by atoms with E-state index in [1.807, 2.05) is 4.68 Å². The van der Waals surface area contributed by atoms with E-state index in [9.17, 15) is 0 Å². The normalized spacial score (nSPS) is 11.0. The molecule has 0 bridgehead atoms. The fraction of sp³-hybridized carbons (Fsp3) is 0.421. The first-order chi connectivity index (χ1) is 12.3. The average molecular weight is 339 g/mol. The van der Waals surface area contributed by atoms with Crippen LogP contribution >= 0.6 is 0 Å². The fourth-order valence-corrected chi connectivity index (χ4v) is 2.80. The van der Waals surface area contributed by atoms with Crippen molar-refractivity contribution in [3.05, 3.63) is 42.0 Å². The second-order valence-electron chi connectivity index (χ2n) is 6.04. The van der Waals surface area contributed by atoms with E-state index in [0.29, 0.717) is 19.1 Å². The van der Waals surface area contributed by atoms with Gasteiger partial charge in [-0.05, 0) is 40.1 Å². The predicted octanol–water partition coefficient (Wildman–Crippen LogP) is 4.03. The minimum absolute atomic E-state index is 0.618. The van der Waals surface area contributed by atoms with Gasteiger partial charge in [-0.2, -0.15) is 0 Å². The van der Waals surface area contributed by atoms with Crippen molar-refractivity contribution in [3.63, 3.8) is 0 Å². The minimum Gasteiger partial charge on any atom is -0.493 e. The molecule has 3 aromatic rings. The van der Waals surface area contributed by atoms with Gasteiger partial charge in [0, 0.05) is 18.7 Å². The summed E-state index contributed by atoms with van der Waals surface area (Å²) in [6.45, 7) is 6.42. The highest BCUT2D eigenvalue weighted by molar-refractivity contribution is 5.88. The summed E-state index contributed by atoms with van der Waals surface area (Å²) < 4.78 is 7.78. The van der Waals surface area contributed by atoms with Crippen molar-refractivity contribution in [1.29, 1.82) is 0 Å². The zero-order valence-corrected chi connectivity index (χ0v) is 14.9. The molecule has 6 heteroatoms. The van der Waals surface area contributed by atoms with Gasteiger partial charge in [0.1, 0.15) is 5.75 Å². The van der Waals surface area contributed by atoms with Crippen LogP contribution in [-0.4, -0.2) is 26.8 Å². The molecule has 0 aliphatic carbocycles. The lowest BCUT2D eigenvalue weighted by molar-refractivity contribution is 0.315. The molecular weight excluding hydrogens is 314 g/mol. The third kappa shape index (κ3) is 4.07. The molecule has 0 fully saturated rings. The van der Waals surface area contributed by atoms with E-state index in [1.165, 1.54) is 10.8 Å². The lowest BCUT2D eigenvalue weighted by Crippen LogP contribution is -2.10. The Morgan fingerprint density at radius 1 is 1.08 bits per heavy atom. The van der Waals surface area contributed by atoms with Gasteiger partial charge in [0.05, 0.1) is 6.61 Å². The molecule has 0 aliphatic rings. The Morgan fingerprint density at radius 2 is 1.96 bits per heavy atom. The number of nitrogens with zero attached hydrogens (tertiary/aromatic N) is 4. The highest BCUT2D eigenvalue weighted by atomic mass is 16.5. The van der Waals surface area contributed by atoms with E-state index in [1.54, 1.807) is 0 Å². The number of benzene rings is 2. The first kappa shape index (κ1) is 17.2. The van der Waals surface area contributed by atoms with Crippen LogP contribution in [0, 0.1) is 0 Å². The van der Waals surface area contributed by atoms with E-state index in [-0.39, 0.29) is 0 Å². The van der Waals surface area contributed by atoms with Crippen LogP contribution in [-0.2, 0) is 13.1 Å². The van der Waals surface area contributed by atoms with Crippen LogP contribution in [0.3, 0.4) is 0 Å². The lowest BCUT2D eigenvalue weighted by Gasteiger charge is -2.15. The maximum atomic E-state index is 5.96. The van der Waals surface area contributed by atoms with Gasteiger partial charge in [0.2, 0.25) is 5.95 Å². The fourth-order valence-electron chi connectivity index (χ4n) is 2.80. The van der Waals surface area contributed by atoms with Gasteiger partial charge in [-0.1, -0.05) is 55.7 Å². The van der Waals surface area contributed by atoms with Crippen molar-refractivity contribution in [2.75, 3.05) is 11.9 Å². The van der Waals surface area contributed by atoms with Crippen LogP contribution in [0.25, 0.3) is 10.8 Å². The predicted molar refractivity (Wildman–Crippen MR) is 99.8 cm³/mol. The molecule has 1 N–H and O–H groups in total. The van der Waals surface area contributed by atoms with Crippen molar-refractivity contribution in [2.24, 2.45) is 0 Å². The Kier molecular flexibility index (Phi) is 5.82. The molecule has 1 heterocycles. The van der Waals surface area contributed by atoms with Gasteiger partial charge in [-0.15, -0.1) is 0 Å². The molecule has 0 aliphatic heterocycles. The summed E-state index contributed by atoms with van der Waals surface area (Å²) >= 11 is 0. The number of fused-ring (bicyclic) bond motifs is 1. The Bertz CT molecular complexity index is 814. The van der Waals surface area contributed by atoms with Crippen LogP contribution in [0.15, 0.2) is 36.4 Å². The number of aromatic nitrogens is 4. The van der Waals surface area contributed by atoms with Crippen LogP contribution < -0.4 is 10.1 Å². The van der Waals surface area contributed by atoms with Crippen molar-refractivity contribution in [3.8, 4) is 5.75 Å². The number of tetrazole rings is 1. The number of aryl methyl sites for hydroxylation is 1. The molecule has 0 radical (unpaired) electrons. The summed E-state index contributed by atoms with van der Waals surface area (Å²) in [5, 5.41) is 17.7. The minimum atomic E-state index is 0.618. The largest absolute Gasteiger partial charge is 0.493 e. The molecule has 2 aromatic carbocycles. The highest BCUT2D eigenvalue weighted by Gasteiger charge is 2.11. The maximum absolute atomic E-state index is 5.96. The lowest BCUT2D eigenvalue weighted by atomic mass is 10.0. The molecule has 0 atom stereocenters. The van der Waals surface area contributed by atoms with Crippen LogP contribution in [0.1, 0.15) is 38.7 Å². The second kappa shape index (κ2) is 8.46. The number of hydrogen-bond acceptors (Lipinski definition) is 5. The van der Waals surface area contributed by atoms with Gasteiger partial charge >= 0.3 is 0 Å². The standard InChI is InChI=1S/C19H25N5O/c1-3-5-12-24-19(21-22-23-24)20-14-17-16-9-7-6-8-15(16)10-11-18(17)25-13-4-2/h6-11H,3-5,12-14H2,1-2H3,(H,20,21,23). The summed E-state index contributed by atoms with van der Waals surface area (Å²) in [5.41, 5.74) is 1.14. The van der Waals surface area contributed by atoms with Gasteiger partial charge in [0.25, 0.3) is 0 Å². The Hall–Kier alpha value is -2.63. The quantitative estimate of drug-likeness (QED) is 0.638. The van der Waals surface area contributed by atoms with E-state index < -0.39 is 0 Å². The molecule has 6 nitrogen and oxygen atoms in total. The number of anilines is 1. The first-order valence-electron chi connectivity index (χ1n) is 8.97. The number of rotatable bonds is 9. The van der Waals surface area contributed by atoms with Gasteiger partial charge in [0.15, 0.2) is 0 Å². The molecular formula is C19H25N5O. The molecule has 0 amide bonds. The topological polar surface area (TPSA) is 64.9 Å². The zero-order chi connectivity index (χ0) is 17.5. The van der Waals surface area contributed by atoms with E-state index in [0.717, 1.165) is 37.1 Å². The Balaban J connectivity index is 1.85. The average Bonchev–Trinajstić information content (AvgIpc) is 3.10. The number of hydrogen-bond donors (Lipinski definition) is 1. The summed E-state index contributed by atoms with van der Waals surface area (Å²) in [6.07, 6.45) is 3.14. The maximum Gasteiger partial charge on any atom is 0.243 e. The molecule has 0 unspecified atom stereocenters. The monoisotopic (exact) mass is 339 g/mol. The van der Waals surface area contributed by atoms with Crippen molar-refractivity contribution in [2.45, 2.75) is 46.2 Å². The third-order valence-corrected chi connectivity index (χ3v) is 4.14. The second-order valence-corrected chi connectivity index (χ2v) is 6.04. The summed E-state index contributed by atoms with van der Waals surface area (Å²) in [7, 11) is 0. The SMILES string of the molecule is CCCCn1nnnc1NCc1c(OCCC)ccc2ccccc12. The van der Waals surface area contributed by atoms with Crippen molar-refractivity contribution >= 4 is 16.7 Å². The van der Waals surface area contributed by atoms with Crippen LogP contribution in [0.4, 0.5) is 5.95 Å². The zero-order valence-electron chi connectivity index (χ0n) is 14.9. The Morgan fingerprint density at radius 3 is 2.80 bits per heavy atom. The van der Waals surface area contributed by atoms with Crippen LogP contribution in [0.2, 0.25) is 0 Å². The van der Waals surface area contributed by atoms with Crippen molar-refractivity contribution in [1.82, 2.24) is 20.2 Å². The van der Waals surface area contributed by atoms with Gasteiger partial charge < -0.3 is 10.1 Å². The highest BCUT2D eigenvalue weighted by Crippen LogP contribution is 2.29. The molecule has 1 aromatic heterocycles. The first-order valence-corrected chi connectivity index (χ1v) is 8.97. The van der Waals surface area contributed by atoms with Gasteiger partial charge in [-0.3, -0.25) is 0 Å². The van der Waals surface area contributed by atoms with Crippen molar-refractivity contribution < 1.29 is 4.74 Å². The molecule has 3 rings (SSSR count). The van der Waals surface area contributed by atoms with E-state index in [4.69, 9.17) is 4.74 Å². The number of unbranched alkanes of at least 4 members (excludes halogenated alkanes) is 1. The van der Waals surface area contributed by atoms with Crippen LogP contribution in [0.5, 0.6) is 5.75 Å².